The molecular weight excluding hydrogens is 314 g/mol. The van der Waals surface area contributed by atoms with Gasteiger partial charge in [-0.05, 0) is 28.7 Å². The molecule has 4 heteroatoms. The van der Waals surface area contributed by atoms with Crippen molar-refractivity contribution in [2.45, 2.75) is 32.7 Å². The van der Waals surface area contributed by atoms with Crippen LogP contribution >= 0.6 is 0 Å². The first-order chi connectivity index (χ1) is 11.8. The van der Waals surface area contributed by atoms with Gasteiger partial charge in [0.2, 0.25) is 0 Å². The summed E-state index contributed by atoms with van der Waals surface area (Å²) in [6.07, 6.45) is 0. The van der Waals surface area contributed by atoms with Gasteiger partial charge in [-0.25, -0.2) is 0 Å². The number of amides is 1. The van der Waals surface area contributed by atoms with Crippen molar-refractivity contribution >= 4 is 11.9 Å². The lowest BCUT2D eigenvalue weighted by molar-refractivity contribution is -0.141. The zero-order valence-corrected chi connectivity index (χ0v) is 15.3. The number of nitrogens with zero attached hydrogens (tertiary/aromatic N) is 1. The summed E-state index contributed by atoms with van der Waals surface area (Å²) in [5.74, 6) is -0.620. The topological polar surface area (TPSA) is 46.6 Å². The highest BCUT2D eigenvalue weighted by atomic mass is 16.5. The van der Waals surface area contributed by atoms with Crippen LogP contribution in [-0.4, -0.2) is 30.4 Å². The van der Waals surface area contributed by atoms with Crippen LogP contribution in [0.5, 0.6) is 0 Å². The number of hydrogen-bond acceptors (Lipinski definition) is 3. The number of rotatable bonds is 5. The lowest BCUT2D eigenvalue weighted by atomic mass is 9.86. The van der Waals surface area contributed by atoms with E-state index in [9.17, 15) is 9.59 Å². The third-order valence-corrected chi connectivity index (χ3v) is 4.05. The third-order valence-electron chi connectivity index (χ3n) is 4.05. The summed E-state index contributed by atoms with van der Waals surface area (Å²) in [5, 5.41) is 0. The SMILES string of the molecule is COC(=O)CN(Cc1ccccc1)C(=O)c1ccc(C(C)(C)C)cc1. The minimum atomic E-state index is -0.435. The monoisotopic (exact) mass is 339 g/mol. The average molecular weight is 339 g/mol. The van der Waals surface area contributed by atoms with Crippen molar-refractivity contribution in [3.63, 3.8) is 0 Å². The van der Waals surface area contributed by atoms with Crippen molar-refractivity contribution in [2.24, 2.45) is 0 Å². The predicted molar refractivity (Wildman–Crippen MR) is 98.3 cm³/mol. The van der Waals surface area contributed by atoms with Gasteiger partial charge >= 0.3 is 5.97 Å². The molecular formula is C21H25NO3. The summed E-state index contributed by atoms with van der Waals surface area (Å²) in [6, 6.07) is 17.2. The van der Waals surface area contributed by atoms with E-state index in [1.807, 2.05) is 54.6 Å². The second-order valence-electron chi connectivity index (χ2n) is 7.05. The number of benzene rings is 2. The van der Waals surface area contributed by atoms with Crippen LogP contribution in [0.4, 0.5) is 0 Å². The number of hydrogen-bond donors (Lipinski definition) is 0. The van der Waals surface area contributed by atoms with Crippen LogP contribution in [0.25, 0.3) is 0 Å². The summed E-state index contributed by atoms with van der Waals surface area (Å²) in [7, 11) is 1.33. The molecule has 2 aromatic carbocycles. The Bertz CT molecular complexity index is 715. The molecule has 0 atom stereocenters. The Hall–Kier alpha value is -2.62. The van der Waals surface area contributed by atoms with E-state index in [1.54, 1.807) is 0 Å². The van der Waals surface area contributed by atoms with Crippen molar-refractivity contribution in [3.05, 3.63) is 71.3 Å². The Morgan fingerprint density at radius 1 is 0.960 bits per heavy atom. The van der Waals surface area contributed by atoms with E-state index in [4.69, 9.17) is 4.74 Å². The summed E-state index contributed by atoms with van der Waals surface area (Å²) >= 11 is 0. The fourth-order valence-electron chi connectivity index (χ4n) is 2.52. The number of esters is 1. The molecule has 0 fully saturated rings. The van der Waals surface area contributed by atoms with E-state index in [0.717, 1.165) is 11.1 Å². The minimum absolute atomic E-state index is 0.0251. The quantitative estimate of drug-likeness (QED) is 0.779. The average Bonchev–Trinajstić information content (AvgIpc) is 2.60. The van der Waals surface area contributed by atoms with Gasteiger partial charge in [0.1, 0.15) is 6.54 Å². The van der Waals surface area contributed by atoms with Gasteiger partial charge in [0.15, 0.2) is 0 Å². The second-order valence-corrected chi connectivity index (χ2v) is 7.05. The van der Waals surface area contributed by atoms with Crippen molar-refractivity contribution in [3.8, 4) is 0 Å². The Balaban J connectivity index is 2.23. The van der Waals surface area contributed by atoms with E-state index in [1.165, 1.54) is 12.0 Å². The van der Waals surface area contributed by atoms with Crippen molar-refractivity contribution < 1.29 is 14.3 Å². The minimum Gasteiger partial charge on any atom is -0.468 e. The fourth-order valence-corrected chi connectivity index (χ4v) is 2.52. The number of ether oxygens (including phenoxy) is 1. The summed E-state index contributed by atoms with van der Waals surface area (Å²) in [5.41, 5.74) is 2.71. The molecule has 0 N–H and O–H groups in total. The van der Waals surface area contributed by atoms with Gasteiger partial charge in [-0.2, -0.15) is 0 Å². The molecule has 0 heterocycles. The summed E-state index contributed by atoms with van der Waals surface area (Å²) in [4.78, 5) is 26.1. The van der Waals surface area contributed by atoms with Gasteiger partial charge < -0.3 is 9.64 Å². The lowest BCUT2D eigenvalue weighted by Gasteiger charge is -2.23. The predicted octanol–water partition coefficient (Wildman–Crippen LogP) is 3.80. The van der Waals surface area contributed by atoms with Crippen molar-refractivity contribution in [2.75, 3.05) is 13.7 Å². The van der Waals surface area contributed by atoms with E-state index in [0.29, 0.717) is 12.1 Å². The molecule has 0 saturated heterocycles. The summed E-state index contributed by atoms with van der Waals surface area (Å²) < 4.78 is 4.74. The molecule has 0 saturated carbocycles. The van der Waals surface area contributed by atoms with Crippen LogP contribution in [0.1, 0.15) is 42.3 Å². The molecule has 0 aromatic heterocycles. The Kier molecular flexibility index (Phi) is 5.97. The molecule has 4 nitrogen and oxygen atoms in total. The van der Waals surface area contributed by atoms with Crippen molar-refractivity contribution in [1.29, 1.82) is 0 Å². The molecule has 0 aliphatic carbocycles. The van der Waals surface area contributed by atoms with E-state index >= 15 is 0 Å². The molecule has 25 heavy (non-hydrogen) atoms. The Morgan fingerprint density at radius 2 is 1.56 bits per heavy atom. The second kappa shape index (κ2) is 7.97. The van der Waals surface area contributed by atoms with Crippen molar-refractivity contribution in [1.82, 2.24) is 4.90 Å². The third kappa shape index (κ3) is 5.18. The first-order valence-corrected chi connectivity index (χ1v) is 8.32. The maximum absolute atomic E-state index is 12.9. The molecule has 2 rings (SSSR count). The van der Waals surface area contributed by atoms with E-state index in [-0.39, 0.29) is 17.9 Å². The van der Waals surface area contributed by atoms with Crippen LogP contribution in [0.2, 0.25) is 0 Å². The van der Waals surface area contributed by atoms with Gasteiger partial charge in [0.25, 0.3) is 5.91 Å². The first kappa shape index (κ1) is 18.7. The lowest BCUT2D eigenvalue weighted by Crippen LogP contribution is -2.35. The van der Waals surface area contributed by atoms with Gasteiger partial charge in [0.05, 0.1) is 7.11 Å². The van der Waals surface area contributed by atoms with Gasteiger partial charge in [-0.15, -0.1) is 0 Å². The number of carbonyl (C=O) groups excluding carboxylic acids is 2. The van der Waals surface area contributed by atoms with Crippen LogP contribution < -0.4 is 0 Å². The van der Waals surface area contributed by atoms with Gasteiger partial charge in [-0.3, -0.25) is 9.59 Å². The highest BCUT2D eigenvalue weighted by Crippen LogP contribution is 2.22. The molecule has 0 aliphatic heterocycles. The van der Waals surface area contributed by atoms with Crippen LogP contribution in [0.15, 0.2) is 54.6 Å². The van der Waals surface area contributed by atoms with Crippen LogP contribution in [0.3, 0.4) is 0 Å². The largest absolute Gasteiger partial charge is 0.468 e. The zero-order chi connectivity index (χ0) is 18.4. The molecule has 0 radical (unpaired) electrons. The molecule has 1 amide bonds. The molecule has 132 valence electrons. The Morgan fingerprint density at radius 3 is 2.08 bits per heavy atom. The normalized spacial score (nSPS) is 11.0. The molecule has 0 unspecified atom stereocenters. The van der Waals surface area contributed by atoms with Gasteiger partial charge in [-0.1, -0.05) is 63.2 Å². The highest BCUT2D eigenvalue weighted by molar-refractivity contribution is 5.96. The zero-order valence-electron chi connectivity index (χ0n) is 15.3. The fraction of sp³-hybridized carbons (Fsp3) is 0.333. The number of methoxy groups -OCH3 is 1. The van der Waals surface area contributed by atoms with Gasteiger partial charge in [0, 0.05) is 12.1 Å². The highest BCUT2D eigenvalue weighted by Gasteiger charge is 2.21. The molecule has 0 aliphatic rings. The Labute approximate surface area is 149 Å². The van der Waals surface area contributed by atoms with Crippen LogP contribution in [0, 0.1) is 0 Å². The standard InChI is InChI=1S/C21H25NO3/c1-21(2,3)18-12-10-17(11-13-18)20(24)22(15-19(23)25-4)14-16-8-6-5-7-9-16/h5-13H,14-15H2,1-4H3. The maximum atomic E-state index is 12.9. The molecule has 0 bridgehead atoms. The van der Waals surface area contributed by atoms with E-state index < -0.39 is 5.97 Å². The molecule has 0 spiro atoms. The van der Waals surface area contributed by atoms with Crippen LogP contribution in [-0.2, 0) is 21.5 Å². The molecule has 2 aromatic rings. The van der Waals surface area contributed by atoms with E-state index in [2.05, 4.69) is 20.8 Å². The smallest absolute Gasteiger partial charge is 0.325 e. The maximum Gasteiger partial charge on any atom is 0.325 e. The first-order valence-electron chi connectivity index (χ1n) is 8.32. The number of carbonyl (C=O) groups is 2. The summed E-state index contributed by atoms with van der Waals surface area (Å²) in [6.45, 7) is 6.66.